The maximum atomic E-state index is 13.1. The minimum atomic E-state index is 0.216. The van der Waals surface area contributed by atoms with Crippen molar-refractivity contribution in [1.29, 1.82) is 0 Å². The van der Waals surface area contributed by atoms with Gasteiger partial charge in [-0.2, -0.15) is 0 Å². The maximum absolute atomic E-state index is 13.1. The van der Waals surface area contributed by atoms with Crippen molar-refractivity contribution in [2.75, 3.05) is 19.6 Å². The molecule has 0 aromatic carbocycles. The molecule has 2 amide bonds. The lowest BCUT2D eigenvalue weighted by Gasteiger charge is -2.30. The number of carbonyl (C=O) groups is 2. The van der Waals surface area contributed by atoms with Gasteiger partial charge < -0.3 is 9.80 Å². The second-order valence-corrected chi connectivity index (χ2v) is 8.45. The normalized spacial score (nSPS) is 27.4. The molecule has 0 bridgehead atoms. The Balaban J connectivity index is 1.53. The number of hydrogen-bond donors (Lipinski definition) is 0. The zero-order valence-corrected chi connectivity index (χ0v) is 16.0. The van der Waals surface area contributed by atoms with Crippen LogP contribution >= 0.6 is 0 Å². The summed E-state index contributed by atoms with van der Waals surface area (Å²) in [5.41, 5.74) is 0. The van der Waals surface area contributed by atoms with E-state index in [9.17, 15) is 9.59 Å². The number of hydrogen-bond acceptors (Lipinski definition) is 2. The van der Waals surface area contributed by atoms with E-state index in [0.29, 0.717) is 17.9 Å². The molecule has 0 spiro atoms. The molecule has 25 heavy (non-hydrogen) atoms. The molecule has 3 rings (SSSR count). The van der Waals surface area contributed by atoms with Gasteiger partial charge in [0.2, 0.25) is 11.8 Å². The molecule has 0 radical (unpaired) electrons. The fourth-order valence-electron chi connectivity index (χ4n) is 5.19. The Hall–Kier alpha value is -1.06. The van der Waals surface area contributed by atoms with Crippen molar-refractivity contribution >= 4 is 11.8 Å². The average Bonchev–Trinajstić information content (AvgIpc) is 2.92. The summed E-state index contributed by atoms with van der Waals surface area (Å²) < 4.78 is 0. The highest BCUT2D eigenvalue weighted by Crippen LogP contribution is 2.31. The number of likely N-dealkylation sites (tertiary alicyclic amines) is 2. The highest BCUT2D eigenvalue weighted by atomic mass is 16.2. The quantitative estimate of drug-likeness (QED) is 0.754. The van der Waals surface area contributed by atoms with Gasteiger partial charge in [-0.3, -0.25) is 9.59 Å². The lowest BCUT2D eigenvalue weighted by atomic mass is 9.81. The topological polar surface area (TPSA) is 40.6 Å². The molecule has 2 saturated heterocycles. The Morgan fingerprint density at radius 3 is 2.48 bits per heavy atom. The second kappa shape index (κ2) is 9.05. The van der Waals surface area contributed by atoms with Gasteiger partial charge in [0.05, 0.1) is 0 Å². The third kappa shape index (κ3) is 4.77. The second-order valence-electron chi connectivity index (χ2n) is 8.45. The predicted octanol–water partition coefficient (Wildman–Crippen LogP) is 3.99. The van der Waals surface area contributed by atoms with Crippen molar-refractivity contribution in [3.63, 3.8) is 0 Å². The maximum Gasteiger partial charge on any atom is 0.225 e. The van der Waals surface area contributed by atoms with E-state index >= 15 is 0 Å². The number of nitrogens with zero attached hydrogens (tertiary/aromatic N) is 2. The van der Waals surface area contributed by atoms with Crippen LogP contribution in [0.2, 0.25) is 0 Å². The van der Waals surface area contributed by atoms with Gasteiger partial charge in [0.1, 0.15) is 0 Å². The SMILES string of the molecule is CCC(CC1CCCCC1)C(=O)N1CCCC(N2CCCC2=O)CC1. The van der Waals surface area contributed by atoms with E-state index in [0.717, 1.165) is 70.5 Å². The summed E-state index contributed by atoms with van der Waals surface area (Å²) in [6, 6.07) is 0.367. The van der Waals surface area contributed by atoms with Crippen LogP contribution in [0.1, 0.15) is 84.0 Å². The molecule has 4 heteroatoms. The first-order valence-electron chi connectivity index (χ1n) is 10.8. The van der Waals surface area contributed by atoms with E-state index < -0.39 is 0 Å². The van der Waals surface area contributed by atoms with Gasteiger partial charge in [0.15, 0.2) is 0 Å². The fourth-order valence-corrected chi connectivity index (χ4v) is 5.19. The Bertz CT molecular complexity index is 459. The van der Waals surface area contributed by atoms with Gasteiger partial charge in [-0.1, -0.05) is 39.0 Å². The Kier molecular flexibility index (Phi) is 6.77. The molecular weight excluding hydrogens is 312 g/mol. The number of amides is 2. The van der Waals surface area contributed by atoms with Gasteiger partial charge in [-0.15, -0.1) is 0 Å². The van der Waals surface area contributed by atoms with E-state index in [1.54, 1.807) is 0 Å². The smallest absolute Gasteiger partial charge is 0.225 e. The van der Waals surface area contributed by atoms with Crippen LogP contribution in [0.15, 0.2) is 0 Å². The number of carbonyl (C=O) groups excluding carboxylic acids is 2. The van der Waals surface area contributed by atoms with E-state index in [4.69, 9.17) is 0 Å². The molecule has 3 fully saturated rings. The summed E-state index contributed by atoms with van der Waals surface area (Å²) in [6.07, 6.45) is 13.6. The van der Waals surface area contributed by atoms with Crippen LogP contribution in [0, 0.1) is 11.8 Å². The largest absolute Gasteiger partial charge is 0.342 e. The molecule has 2 atom stereocenters. The van der Waals surface area contributed by atoms with Gasteiger partial charge in [-0.25, -0.2) is 0 Å². The first kappa shape index (κ1) is 18.7. The third-order valence-electron chi connectivity index (χ3n) is 6.74. The Labute approximate surface area is 153 Å². The van der Waals surface area contributed by atoms with E-state index in [1.807, 2.05) is 0 Å². The molecule has 3 aliphatic rings. The van der Waals surface area contributed by atoms with Crippen molar-refractivity contribution in [1.82, 2.24) is 9.80 Å². The van der Waals surface area contributed by atoms with Crippen LogP contribution in [0.25, 0.3) is 0 Å². The molecule has 1 aliphatic carbocycles. The third-order valence-corrected chi connectivity index (χ3v) is 6.74. The summed E-state index contributed by atoms with van der Waals surface area (Å²) >= 11 is 0. The number of rotatable bonds is 5. The van der Waals surface area contributed by atoms with Crippen LogP contribution in [-0.2, 0) is 9.59 Å². The van der Waals surface area contributed by atoms with Crippen molar-refractivity contribution in [3.05, 3.63) is 0 Å². The van der Waals surface area contributed by atoms with Crippen molar-refractivity contribution in [2.45, 2.75) is 90.0 Å². The molecular formula is C21H36N2O2. The minimum absolute atomic E-state index is 0.216. The standard InChI is InChI=1S/C21H36N2O2/c1-2-18(16-17-8-4-3-5-9-17)21(25)22-13-6-10-19(12-15-22)23-14-7-11-20(23)24/h17-19H,2-16H2,1H3. The molecule has 0 aromatic rings. The van der Waals surface area contributed by atoms with E-state index in [1.165, 1.54) is 32.1 Å². The summed E-state index contributed by atoms with van der Waals surface area (Å²) in [5.74, 6) is 1.70. The van der Waals surface area contributed by atoms with Crippen LogP contribution in [0.4, 0.5) is 0 Å². The van der Waals surface area contributed by atoms with Crippen molar-refractivity contribution in [3.8, 4) is 0 Å². The van der Waals surface area contributed by atoms with Crippen molar-refractivity contribution in [2.24, 2.45) is 11.8 Å². The highest BCUT2D eigenvalue weighted by molar-refractivity contribution is 5.79. The van der Waals surface area contributed by atoms with Crippen LogP contribution < -0.4 is 0 Å². The van der Waals surface area contributed by atoms with Crippen LogP contribution in [0.3, 0.4) is 0 Å². The summed E-state index contributed by atoms with van der Waals surface area (Å²) in [6.45, 7) is 4.83. The lowest BCUT2D eigenvalue weighted by Crippen LogP contribution is -2.39. The van der Waals surface area contributed by atoms with Gasteiger partial charge in [-0.05, 0) is 44.4 Å². The molecule has 0 aromatic heterocycles. The average molecular weight is 349 g/mol. The van der Waals surface area contributed by atoms with E-state index in [-0.39, 0.29) is 5.92 Å². The Morgan fingerprint density at radius 1 is 1.00 bits per heavy atom. The molecule has 0 N–H and O–H groups in total. The van der Waals surface area contributed by atoms with Crippen LogP contribution in [-0.4, -0.2) is 47.3 Å². The molecule has 1 saturated carbocycles. The first-order chi connectivity index (χ1) is 12.2. The minimum Gasteiger partial charge on any atom is -0.342 e. The van der Waals surface area contributed by atoms with E-state index in [2.05, 4.69) is 16.7 Å². The fraction of sp³-hybridized carbons (Fsp3) is 0.905. The van der Waals surface area contributed by atoms with Crippen LogP contribution in [0.5, 0.6) is 0 Å². The Morgan fingerprint density at radius 2 is 1.80 bits per heavy atom. The molecule has 2 unspecified atom stereocenters. The summed E-state index contributed by atoms with van der Waals surface area (Å²) in [4.78, 5) is 29.3. The van der Waals surface area contributed by atoms with Crippen molar-refractivity contribution < 1.29 is 9.59 Å². The molecule has 4 nitrogen and oxygen atoms in total. The summed E-state index contributed by atoms with van der Waals surface area (Å²) in [7, 11) is 0. The first-order valence-corrected chi connectivity index (χ1v) is 10.8. The monoisotopic (exact) mass is 348 g/mol. The van der Waals surface area contributed by atoms with Gasteiger partial charge in [0.25, 0.3) is 0 Å². The molecule has 142 valence electrons. The van der Waals surface area contributed by atoms with Gasteiger partial charge in [0, 0.05) is 38.0 Å². The lowest BCUT2D eigenvalue weighted by molar-refractivity contribution is -0.136. The molecule has 2 aliphatic heterocycles. The zero-order chi connectivity index (χ0) is 17.6. The predicted molar refractivity (Wildman–Crippen MR) is 100 cm³/mol. The highest BCUT2D eigenvalue weighted by Gasteiger charge is 2.32. The molecule has 2 heterocycles. The summed E-state index contributed by atoms with van der Waals surface area (Å²) in [5, 5.41) is 0. The zero-order valence-electron chi connectivity index (χ0n) is 16.0. The van der Waals surface area contributed by atoms with Gasteiger partial charge >= 0.3 is 0 Å².